The number of carbonyl (C=O) groups is 1. The first-order chi connectivity index (χ1) is 13.4. The predicted octanol–water partition coefficient (Wildman–Crippen LogP) is 1.56. The minimum absolute atomic E-state index is 0.0257. The van der Waals surface area contributed by atoms with E-state index < -0.39 is 26.0 Å². The highest BCUT2D eigenvalue weighted by molar-refractivity contribution is 7.89. The molecule has 29 heavy (non-hydrogen) atoms. The van der Waals surface area contributed by atoms with Gasteiger partial charge in [-0.25, -0.2) is 21.1 Å². The molecular weight excluding hydrogens is 416 g/mol. The molecule has 2 rings (SSSR count). The molecule has 0 aliphatic rings. The molecule has 9 nitrogen and oxygen atoms in total. The highest BCUT2D eigenvalue weighted by Crippen LogP contribution is 2.21. The number of aromatic nitrogens is 1. The molecule has 0 saturated heterocycles. The summed E-state index contributed by atoms with van der Waals surface area (Å²) >= 11 is 0. The second-order valence-corrected chi connectivity index (χ2v) is 10.6. The summed E-state index contributed by atoms with van der Waals surface area (Å²) in [5, 5.41) is 2.62. The molecule has 1 amide bonds. The van der Waals surface area contributed by atoms with Crippen LogP contribution in [-0.4, -0.2) is 63.1 Å². The summed E-state index contributed by atoms with van der Waals surface area (Å²) in [5.41, 5.74) is 0.420. The van der Waals surface area contributed by atoms with Crippen molar-refractivity contribution in [1.29, 1.82) is 0 Å². The summed E-state index contributed by atoms with van der Waals surface area (Å²) in [5.74, 6) is -0.548. The maximum Gasteiger partial charge on any atom is 0.272 e. The van der Waals surface area contributed by atoms with Gasteiger partial charge in [-0.05, 0) is 24.3 Å². The van der Waals surface area contributed by atoms with Crippen LogP contribution in [0.4, 0.5) is 5.69 Å². The Morgan fingerprint density at radius 3 is 2.17 bits per heavy atom. The van der Waals surface area contributed by atoms with Gasteiger partial charge in [0.05, 0.1) is 4.90 Å². The number of aryl methyl sites for hydroxylation is 1. The monoisotopic (exact) mass is 442 g/mol. The third kappa shape index (κ3) is 4.69. The number of hydrogen-bond donors (Lipinski definition) is 1. The molecule has 0 spiro atoms. The molecule has 0 atom stereocenters. The molecule has 1 N–H and O–H groups in total. The number of nitrogens with one attached hydrogen (secondary N) is 1. The summed E-state index contributed by atoms with van der Waals surface area (Å²) in [7, 11) is -2.93. The average Bonchev–Trinajstić information content (AvgIpc) is 3.05. The van der Waals surface area contributed by atoms with Gasteiger partial charge in [0.15, 0.2) is 0 Å². The van der Waals surface area contributed by atoms with Crippen molar-refractivity contribution in [2.24, 2.45) is 7.05 Å². The average molecular weight is 443 g/mol. The quantitative estimate of drug-likeness (QED) is 0.667. The van der Waals surface area contributed by atoms with E-state index in [9.17, 15) is 21.6 Å². The van der Waals surface area contributed by atoms with Gasteiger partial charge in [0.2, 0.25) is 20.0 Å². The maximum absolute atomic E-state index is 12.7. The molecule has 0 radical (unpaired) electrons. The second kappa shape index (κ2) is 8.66. The van der Waals surface area contributed by atoms with Gasteiger partial charge in [-0.15, -0.1) is 0 Å². The Bertz CT molecular complexity index is 1100. The number of nitrogens with zero attached hydrogens (tertiary/aromatic N) is 3. The highest BCUT2D eigenvalue weighted by Gasteiger charge is 2.25. The smallest absolute Gasteiger partial charge is 0.272 e. The van der Waals surface area contributed by atoms with E-state index in [1.807, 2.05) is 0 Å². The van der Waals surface area contributed by atoms with Gasteiger partial charge in [-0.3, -0.25) is 4.79 Å². The van der Waals surface area contributed by atoms with Crippen LogP contribution in [0.2, 0.25) is 0 Å². The van der Waals surface area contributed by atoms with E-state index in [-0.39, 0.29) is 21.2 Å². The van der Waals surface area contributed by atoms with Crippen LogP contribution < -0.4 is 5.32 Å². The van der Waals surface area contributed by atoms with Crippen LogP contribution in [0.5, 0.6) is 0 Å². The summed E-state index contributed by atoms with van der Waals surface area (Å²) < 4.78 is 53.7. The maximum atomic E-state index is 12.7. The molecule has 2 aromatic rings. The van der Waals surface area contributed by atoms with E-state index in [0.717, 1.165) is 4.31 Å². The lowest BCUT2D eigenvalue weighted by atomic mass is 10.3. The van der Waals surface area contributed by atoms with Crippen molar-refractivity contribution in [3.8, 4) is 0 Å². The van der Waals surface area contributed by atoms with Crippen LogP contribution in [0.25, 0.3) is 0 Å². The molecular formula is C18H26N4O5S2. The Labute approximate surface area is 172 Å². The number of amides is 1. The molecule has 0 unspecified atom stereocenters. The molecule has 0 saturated carbocycles. The zero-order valence-electron chi connectivity index (χ0n) is 17.1. The van der Waals surface area contributed by atoms with E-state index in [1.54, 1.807) is 27.0 Å². The Hall–Kier alpha value is -2.21. The Balaban J connectivity index is 2.33. The lowest BCUT2D eigenvalue weighted by Crippen LogP contribution is -2.30. The van der Waals surface area contributed by atoms with Crippen LogP contribution in [-0.2, 0) is 27.1 Å². The van der Waals surface area contributed by atoms with E-state index in [4.69, 9.17) is 0 Å². The van der Waals surface area contributed by atoms with Crippen LogP contribution >= 0.6 is 0 Å². The number of anilines is 1. The summed E-state index contributed by atoms with van der Waals surface area (Å²) in [6.45, 7) is 4.13. The number of carbonyl (C=O) groups excluding carboxylic acids is 1. The molecule has 0 aliphatic heterocycles. The molecule has 11 heteroatoms. The fourth-order valence-corrected chi connectivity index (χ4v) is 5.23. The second-order valence-electron chi connectivity index (χ2n) is 6.53. The van der Waals surface area contributed by atoms with Gasteiger partial charge < -0.3 is 9.88 Å². The van der Waals surface area contributed by atoms with Crippen LogP contribution in [0, 0.1) is 0 Å². The topological polar surface area (TPSA) is 109 Å². The normalized spacial score (nSPS) is 12.5. The number of benzene rings is 1. The van der Waals surface area contributed by atoms with Crippen LogP contribution in [0.3, 0.4) is 0 Å². The summed E-state index contributed by atoms with van der Waals surface area (Å²) in [4.78, 5) is 12.7. The summed E-state index contributed by atoms with van der Waals surface area (Å²) in [6, 6.07) is 7.17. The zero-order valence-corrected chi connectivity index (χ0v) is 18.7. The Morgan fingerprint density at radius 2 is 1.62 bits per heavy atom. The predicted molar refractivity (Wildman–Crippen MR) is 111 cm³/mol. The third-order valence-corrected chi connectivity index (χ3v) is 8.25. The van der Waals surface area contributed by atoms with Crippen molar-refractivity contribution in [2.45, 2.75) is 23.6 Å². The van der Waals surface area contributed by atoms with Crippen molar-refractivity contribution in [1.82, 2.24) is 13.2 Å². The SMILES string of the molecule is CCN(CC)S(=O)(=O)c1cc(C(=O)Nc2cccc(S(=O)(=O)N(C)C)c2)n(C)c1. The lowest BCUT2D eigenvalue weighted by Gasteiger charge is -2.17. The van der Waals surface area contributed by atoms with Gasteiger partial charge in [0.1, 0.15) is 10.6 Å². The third-order valence-electron chi connectivity index (χ3n) is 4.43. The minimum atomic E-state index is -3.70. The highest BCUT2D eigenvalue weighted by atomic mass is 32.2. The molecule has 0 aliphatic carbocycles. The Kier molecular flexibility index (Phi) is 6.89. The number of hydrogen-bond acceptors (Lipinski definition) is 5. The van der Waals surface area contributed by atoms with Crippen molar-refractivity contribution < 1.29 is 21.6 Å². The number of rotatable bonds is 8. The fourth-order valence-electron chi connectivity index (χ4n) is 2.75. The van der Waals surface area contributed by atoms with Crippen LogP contribution in [0.1, 0.15) is 24.3 Å². The van der Waals surface area contributed by atoms with Crippen LogP contribution in [0.15, 0.2) is 46.3 Å². The van der Waals surface area contributed by atoms with Gasteiger partial charge >= 0.3 is 0 Å². The van der Waals surface area contributed by atoms with Gasteiger partial charge in [-0.2, -0.15) is 4.31 Å². The lowest BCUT2D eigenvalue weighted by molar-refractivity contribution is 0.101. The molecule has 1 aromatic heterocycles. The largest absolute Gasteiger partial charge is 0.345 e. The van der Waals surface area contributed by atoms with Crippen molar-refractivity contribution in [3.05, 3.63) is 42.2 Å². The van der Waals surface area contributed by atoms with Gasteiger partial charge in [0, 0.05) is 46.1 Å². The Morgan fingerprint density at radius 1 is 1.00 bits per heavy atom. The van der Waals surface area contributed by atoms with E-state index in [2.05, 4.69) is 5.32 Å². The van der Waals surface area contributed by atoms with Crippen molar-refractivity contribution in [2.75, 3.05) is 32.5 Å². The van der Waals surface area contributed by atoms with Crippen molar-refractivity contribution in [3.63, 3.8) is 0 Å². The molecule has 1 heterocycles. The van der Waals surface area contributed by atoms with E-state index in [1.165, 1.54) is 53.4 Å². The van der Waals surface area contributed by atoms with Crippen molar-refractivity contribution >= 4 is 31.6 Å². The summed E-state index contributed by atoms with van der Waals surface area (Å²) in [6.07, 6.45) is 1.38. The molecule has 1 aromatic carbocycles. The zero-order chi connectivity index (χ0) is 22.0. The molecule has 0 bridgehead atoms. The van der Waals surface area contributed by atoms with Gasteiger partial charge in [0.25, 0.3) is 5.91 Å². The molecule has 0 fully saturated rings. The number of sulfonamides is 2. The molecule has 160 valence electrons. The first kappa shape index (κ1) is 23.1. The van der Waals surface area contributed by atoms with E-state index in [0.29, 0.717) is 13.1 Å². The van der Waals surface area contributed by atoms with Gasteiger partial charge in [-0.1, -0.05) is 19.9 Å². The fraction of sp³-hybridized carbons (Fsp3) is 0.389. The first-order valence-corrected chi connectivity index (χ1v) is 11.8. The minimum Gasteiger partial charge on any atom is -0.345 e. The first-order valence-electron chi connectivity index (χ1n) is 8.95. The van der Waals surface area contributed by atoms with E-state index >= 15 is 0 Å². The standard InChI is InChI=1S/C18H26N4O5S2/c1-6-22(7-2)29(26,27)16-12-17(21(5)13-16)18(23)19-14-9-8-10-15(11-14)28(24,25)20(3)4/h8-13H,6-7H2,1-5H3,(H,19,23).